The third-order valence-electron chi connectivity index (χ3n) is 1.74. The Morgan fingerprint density at radius 1 is 1.80 bits per heavy atom. The van der Waals surface area contributed by atoms with Gasteiger partial charge < -0.3 is 9.64 Å². The van der Waals surface area contributed by atoms with Crippen molar-refractivity contribution in [2.24, 2.45) is 0 Å². The number of nitrogens with zero attached hydrogens (tertiary/aromatic N) is 2. The first-order valence-electron chi connectivity index (χ1n) is 3.63. The van der Waals surface area contributed by atoms with Gasteiger partial charge in [-0.15, -0.1) is 0 Å². The lowest BCUT2D eigenvalue weighted by molar-refractivity contribution is -0.0111. The SMILES string of the molecule is CCC1CN(C#N)CCO1. The van der Waals surface area contributed by atoms with Crippen LogP contribution in [0, 0.1) is 11.5 Å². The largest absolute Gasteiger partial charge is 0.374 e. The topological polar surface area (TPSA) is 36.3 Å². The minimum Gasteiger partial charge on any atom is -0.374 e. The Labute approximate surface area is 61.2 Å². The molecule has 0 aromatic rings. The van der Waals surface area contributed by atoms with E-state index < -0.39 is 0 Å². The van der Waals surface area contributed by atoms with E-state index in [9.17, 15) is 0 Å². The molecule has 0 N–H and O–H groups in total. The van der Waals surface area contributed by atoms with E-state index in [1.54, 1.807) is 4.90 Å². The summed E-state index contributed by atoms with van der Waals surface area (Å²) in [6.07, 6.45) is 3.39. The van der Waals surface area contributed by atoms with Crippen molar-refractivity contribution in [2.75, 3.05) is 19.7 Å². The van der Waals surface area contributed by atoms with Gasteiger partial charge in [0.05, 0.1) is 25.8 Å². The van der Waals surface area contributed by atoms with Crippen LogP contribution < -0.4 is 0 Å². The third kappa shape index (κ3) is 1.61. The van der Waals surface area contributed by atoms with Gasteiger partial charge in [-0.05, 0) is 6.42 Å². The fourth-order valence-corrected chi connectivity index (χ4v) is 1.06. The van der Waals surface area contributed by atoms with E-state index in [1.165, 1.54) is 0 Å². The van der Waals surface area contributed by atoms with Crippen molar-refractivity contribution in [3.05, 3.63) is 0 Å². The van der Waals surface area contributed by atoms with E-state index in [2.05, 4.69) is 13.1 Å². The lowest BCUT2D eigenvalue weighted by Gasteiger charge is -2.28. The molecule has 10 heavy (non-hydrogen) atoms. The lowest BCUT2D eigenvalue weighted by Crippen LogP contribution is -2.39. The Morgan fingerprint density at radius 3 is 3.20 bits per heavy atom. The predicted molar refractivity (Wildman–Crippen MR) is 37.2 cm³/mol. The first-order chi connectivity index (χ1) is 4.86. The second-order valence-corrected chi connectivity index (χ2v) is 2.45. The summed E-state index contributed by atoms with van der Waals surface area (Å²) in [6, 6.07) is 0. The molecule has 0 radical (unpaired) electrons. The number of morpholine rings is 1. The number of nitriles is 1. The average Bonchev–Trinajstić information content (AvgIpc) is 2.05. The molecule has 1 aliphatic rings. The van der Waals surface area contributed by atoms with Gasteiger partial charge in [-0.25, -0.2) is 0 Å². The molecule has 1 unspecified atom stereocenters. The molecule has 3 heteroatoms. The van der Waals surface area contributed by atoms with Crippen LogP contribution >= 0.6 is 0 Å². The van der Waals surface area contributed by atoms with Gasteiger partial charge in [0.1, 0.15) is 0 Å². The van der Waals surface area contributed by atoms with Gasteiger partial charge in [-0.3, -0.25) is 0 Å². The molecular weight excluding hydrogens is 128 g/mol. The standard InChI is InChI=1S/C7H12N2O/c1-2-7-5-9(6-8)3-4-10-7/h7H,2-5H2,1H3. The fourth-order valence-electron chi connectivity index (χ4n) is 1.06. The highest BCUT2D eigenvalue weighted by molar-refractivity contribution is 4.79. The second-order valence-electron chi connectivity index (χ2n) is 2.45. The quantitative estimate of drug-likeness (QED) is 0.500. The number of ether oxygens (including phenoxy) is 1. The van der Waals surface area contributed by atoms with E-state index >= 15 is 0 Å². The van der Waals surface area contributed by atoms with E-state index in [0.717, 1.165) is 19.5 Å². The Morgan fingerprint density at radius 2 is 2.60 bits per heavy atom. The second kappa shape index (κ2) is 3.43. The monoisotopic (exact) mass is 140 g/mol. The van der Waals surface area contributed by atoms with Gasteiger partial charge >= 0.3 is 0 Å². The van der Waals surface area contributed by atoms with E-state index in [4.69, 9.17) is 10.00 Å². The summed E-state index contributed by atoms with van der Waals surface area (Å²) in [5.74, 6) is 0. The maximum absolute atomic E-state index is 8.52. The van der Waals surface area contributed by atoms with Gasteiger partial charge in [0.15, 0.2) is 6.19 Å². The molecule has 0 aromatic heterocycles. The molecule has 1 saturated heterocycles. The van der Waals surface area contributed by atoms with Crippen molar-refractivity contribution in [3.63, 3.8) is 0 Å². The van der Waals surface area contributed by atoms with Crippen molar-refractivity contribution >= 4 is 0 Å². The summed E-state index contributed by atoms with van der Waals surface area (Å²) in [5.41, 5.74) is 0. The number of hydrogen-bond donors (Lipinski definition) is 0. The van der Waals surface area contributed by atoms with Crippen LogP contribution in [0.2, 0.25) is 0 Å². The zero-order valence-electron chi connectivity index (χ0n) is 6.21. The molecule has 3 nitrogen and oxygen atoms in total. The Balaban J connectivity index is 2.33. The molecule has 1 fully saturated rings. The zero-order chi connectivity index (χ0) is 7.40. The van der Waals surface area contributed by atoms with Crippen LogP contribution in [0.25, 0.3) is 0 Å². The fraction of sp³-hybridized carbons (Fsp3) is 0.857. The van der Waals surface area contributed by atoms with Crippen LogP contribution in [0.1, 0.15) is 13.3 Å². The van der Waals surface area contributed by atoms with Crippen LogP contribution in [0.3, 0.4) is 0 Å². The van der Waals surface area contributed by atoms with E-state index in [-0.39, 0.29) is 6.10 Å². The van der Waals surface area contributed by atoms with Gasteiger partial charge in [-0.2, -0.15) is 5.26 Å². The smallest absolute Gasteiger partial charge is 0.179 e. The summed E-state index contributed by atoms with van der Waals surface area (Å²) in [5, 5.41) is 8.52. The molecule has 1 aliphatic heterocycles. The minimum absolute atomic E-state index is 0.272. The normalized spacial score (nSPS) is 26.0. The Bertz CT molecular complexity index is 141. The number of rotatable bonds is 1. The minimum atomic E-state index is 0.272. The van der Waals surface area contributed by atoms with Crippen molar-refractivity contribution in [1.29, 1.82) is 5.26 Å². The molecular formula is C7H12N2O. The molecule has 1 atom stereocenters. The van der Waals surface area contributed by atoms with Crippen molar-refractivity contribution in [3.8, 4) is 6.19 Å². The zero-order valence-corrected chi connectivity index (χ0v) is 6.21. The highest BCUT2D eigenvalue weighted by Crippen LogP contribution is 2.06. The van der Waals surface area contributed by atoms with Gasteiger partial charge in [-0.1, -0.05) is 6.92 Å². The average molecular weight is 140 g/mol. The molecule has 0 amide bonds. The van der Waals surface area contributed by atoms with Gasteiger partial charge in [0, 0.05) is 0 Å². The van der Waals surface area contributed by atoms with Crippen LogP contribution in [0.5, 0.6) is 0 Å². The summed E-state index contributed by atoms with van der Waals surface area (Å²) in [6.45, 7) is 4.30. The molecule has 56 valence electrons. The highest BCUT2D eigenvalue weighted by Gasteiger charge is 2.16. The third-order valence-corrected chi connectivity index (χ3v) is 1.74. The first-order valence-corrected chi connectivity index (χ1v) is 3.63. The highest BCUT2D eigenvalue weighted by atomic mass is 16.5. The van der Waals surface area contributed by atoms with Crippen LogP contribution in [-0.4, -0.2) is 30.7 Å². The maximum Gasteiger partial charge on any atom is 0.179 e. The first kappa shape index (κ1) is 7.36. The van der Waals surface area contributed by atoms with Crippen molar-refractivity contribution < 1.29 is 4.74 Å². The summed E-state index contributed by atoms with van der Waals surface area (Å²) in [4.78, 5) is 1.75. The molecule has 1 rings (SSSR count). The molecule has 0 aliphatic carbocycles. The predicted octanol–water partition coefficient (Wildman–Crippen LogP) is 0.578. The molecule has 0 bridgehead atoms. The van der Waals surface area contributed by atoms with Gasteiger partial charge in [0.2, 0.25) is 0 Å². The lowest BCUT2D eigenvalue weighted by atomic mass is 10.2. The molecule has 1 heterocycles. The van der Waals surface area contributed by atoms with Crippen LogP contribution in [-0.2, 0) is 4.74 Å². The van der Waals surface area contributed by atoms with Crippen molar-refractivity contribution in [2.45, 2.75) is 19.4 Å². The van der Waals surface area contributed by atoms with Crippen molar-refractivity contribution in [1.82, 2.24) is 4.90 Å². The molecule has 0 spiro atoms. The van der Waals surface area contributed by atoms with Crippen LogP contribution in [0.15, 0.2) is 0 Å². The van der Waals surface area contributed by atoms with E-state index in [1.807, 2.05) is 0 Å². The van der Waals surface area contributed by atoms with E-state index in [0.29, 0.717) is 6.61 Å². The van der Waals surface area contributed by atoms with Crippen LogP contribution in [0.4, 0.5) is 0 Å². The van der Waals surface area contributed by atoms with Gasteiger partial charge in [0.25, 0.3) is 0 Å². The molecule has 0 aromatic carbocycles. The Hall–Kier alpha value is -0.750. The maximum atomic E-state index is 8.52. The summed E-state index contributed by atoms with van der Waals surface area (Å²) in [7, 11) is 0. The summed E-state index contributed by atoms with van der Waals surface area (Å²) < 4.78 is 5.37. The molecule has 0 saturated carbocycles. The number of hydrogen-bond acceptors (Lipinski definition) is 3. The summed E-state index contributed by atoms with van der Waals surface area (Å²) >= 11 is 0. The Kier molecular flexibility index (Phi) is 2.52.